The number of urea groups is 1. The summed E-state index contributed by atoms with van der Waals surface area (Å²) in [4.78, 5) is 50.5. The molecule has 2 heterocycles. The second kappa shape index (κ2) is 7.56. The van der Waals surface area contributed by atoms with Gasteiger partial charge in [0.25, 0.3) is 11.5 Å². The van der Waals surface area contributed by atoms with Crippen molar-refractivity contribution in [2.24, 2.45) is 0 Å². The van der Waals surface area contributed by atoms with Gasteiger partial charge in [-0.2, -0.15) is 5.10 Å². The molecule has 0 unspecified atom stereocenters. The minimum Gasteiger partial charge on any atom is -0.480 e. The number of H-pyrrole nitrogens is 1. The number of nitrogens with zero attached hydrogens (tertiary/aromatic N) is 3. The maximum atomic E-state index is 14.7. The van der Waals surface area contributed by atoms with Crippen LogP contribution in [0.4, 0.5) is 14.9 Å². The number of aliphatic carboxylic acids is 1. The molecule has 1 saturated heterocycles. The van der Waals surface area contributed by atoms with Crippen molar-refractivity contribution in [1.82, 2.24) is 15.1 Å². The van der Waals surface area contributed by atoms with E-state index in [-0.39, 0.29) is 17.7 Å². The summed E-state index contributed by atoms with van der Waals surface area (Å²) in [5.74, 6) is -2.82. The number of rotatable bonds is 5. The lowest BCUT2D eigenvalue weighted by molar-refractivity contribution is -0.139. The van der Waals surface area contributed by atoms with Gasteiger partial charge in [-0.1, -0.05) is 24.3 Å². The fourth-order valence-electron chi connectivity index (χ4n) is 3.79. The third kappa shape index (κ3) is 3.39. The molecule has 1 aliphatic heterocycles. The van der Waals surface area contributed by atoms with E-state index in [1.54, 1.807) is 24.3 Å². The summed E-state index contributed by atoms with van der Waals surface area (Å²) in [6, 6.07) is 9.97. The Bertz CT molecular complexity index is 1330. The van der Waals surface area contributed by atoms with E-state index >= 15 is 0 Å². The summed E-state index contributed by atoms with van der Waals surface area (Å²) >= 11 is 0. The second-order valence-electron chi connectivity index (χ2n) is 7.97. The Balaban J connectivity index is 1.74. The van der Waals surface area contributed by atoms with Gasteiger partial charge >= 0.3 is 12.0 Å². The molecule has 2 aromatic carbocycles. The summed E-state index contributed by atoms with van der Waals surface area (Å²) in [7, 11) is 0. The highest BCUT2D eigenvalue weighted by molar-refractivity contribution is 6.23. The van der Waals surface area contributed by atoms with E-state index in [1.165, 1.54) is 26.0 Å². The highest BCUT2D eigenvalue weighted by Gasteiger charge is 2.53. The molecule has 1 fully saturated rings. The van der Waals surface area contributed by atoms with Crippen LogP contribution in [0.1, 0.15) is 25.1 Å². The van der Waals surface area contributed by atoms with Crippen molar-refractivity contribution < 1.29 is 23.9 Å². The first kappa shape index (κ1) is 21.2. The van der Waals surface area contributed by atoms with E-state index < -0.39 is 35.8 Å². The first-order valence-corrected chi connectivity index (χ1v) is 9.74. The molecular formula is C22H19FN4O5. The number of benzene rings is 2. The fourth-order valence-corrected chi connectivity index (χ4v) is 3.79. The molecule has 3 amide bonds. The number of amides is 3. The lowest BCUT2D eigenvalue weighted by Crippen LogP contribution is -2.46. The van der Waals surface area contributed by atoms with E-state index in [0.29, 0.717) is 26.9 Å². The number of anilines is 1. The molecule has 0 bridgehead atoms. The average Bonchev–Trinajstić information content (AvgIpc) is 2.91. The third-order valence-electron chi connectivity index (χ3n) is 5.51. The van der Waals surface area contributed by atoms with Crippen LogP contribution >= 0.6 is 0 Å². The fraction of sp³-hybridized carbons (Fsp3) is 0.227. The summed E-state index contributed by atoms with van der Waals surface area (Å²) in [6.07, 6.45) is 0.197. The predicted molar refractivity (Wildman–Crippen MR) is 113 cm³/mol. The van der Waals surface area contributed by atoms with Crippen LogP contribution in [0.25, 0.3) is 10.8 Å². The number of carboxylic acid groups (broad SMARTS) is 1. The van der Waals surface area contributed by atoms with E-state index in [4.69, 9.17) is 5.11 Å². The molecule has 0 atom stereocenters. The number of aromatic nitrogens is 2. The Morgan fingerprint density at radius 3 is 2.50 bits per heavy atom. The van der Waals surface area contributed by atoms with Crippen LogP contribution < -0.4 is 10.5 Å². The van der Waals surface area contributed by atoms with Gasteiger partial charge in [-0.25, -0.2) is 19.2 Å². The minimum atomic E-state index is -1.45. The monoisotopic (exact) mass is 438 g/mol. The van der Waals surface area contributed by atoms with Crippen molar-refractivity contribution in [3.05, 3.63) is 69.9 Å². The molecule has 0 saturated carbocycles. The van der Waals surface area contributed by atoms with Crippen LogP contribution in [0.2, 0.25) is 0 Å². The van der Waals surface area contributed by atoms with Crippen LogP contribution in [-0.4, -0.2) is 50.2 Å². The first-order chi connectivity index (χ1) is 15.1. The normalized spacial score (nSPS) is 15.6. The molecule has 0 aliphatic carbocycles. The molecule has 4 rings (SSSR count). The Kier molecular flexibility index (Phi) is 5.00. The van der Waals surface area contributed by atoms with Gasteiger partial charge in [0.15, 0.2) is 0 Å². The molecular weight excluding hydrogens is 419 g/mol. The predicted octanol–water partition coefficient (Wildman–Crippen LogP) is 2.28. The smallest absolute Gasteiger partial charge is 0.332 e. The molecule has 1 aliphatic rings. The van der Waals surface area contributed by atoms with Crippen molar-refractivity contribution in [3.8, 4) is 0 Å². The summed E-state index contributed by atoms with van der Waals surface area (Å²) in [5.41, 5.74) is -0.981. The van der Waals surface area contributed by atoms with Crippen molar-refractivity contribution in [2.45, 2.75) is 25.8 Å². The van der Waals surface area contributed by atoms with E-state index in [1.807, 2.05) is 0 Å². The maximum absolute atomic E-state index is 14.7. The van der Waals surface area contributed by atoms with Crippen LogP contribution in [0, 0.1) is 5.82 Å². The lowest BCUT2D eigenvalue weighted by atomic mass is 10.0. The Morgan fingerprint density at radius 1 is 1.12 bits per heavy atom. The van der Waals surface area contributed by atoms with E-state index in [9.17, 15) is 23.6 Å². The largest absolute Gasteiger partial charge is 0.480 e. The van der Waals surface area contributed by atoms with Crippen LogP contribution in [0.5, 0.6) is 0 Å². The quantitative estimate of drug-likeness (QED) is 0.589. The van der Waals surface area contributed by atoms with Crippen molar-refractivity contribution in [3.63, 3.8) is 0 Å². The Morgan fingerprint density at radius 2 is 1.81 bits per heavy atom. The average molecular weight is 438 g/mol. The van der Waals surface area contributed by atoms with Crippen molar-refractivity contribution >= 4 is 34.4 Å². The van der Waals surface area contributed by atoms with Gasteiger partial charge in [0.2, 0.25) is 0 Å². The minimum absolute atomic E-state index is 0.197. The molecule has 164 valence electrons. The van der Waals surface area contributed by atoms with Gasteiger partial charge in [0, 0.05) is 11.8 Å². The SMILES string of the molecule is CC1(C)C(=O)N(c2cc(Cc3n[nH]c(=O)c4ccccc34)ccc2F)C(=O)N1CC(=O)O. The number of hydrogen-bond donors (Lipinski definition) is 2. The van der Waals surface area contributed by atoms with Gasteiger partial charge in [0.05, 0.1) is 16.8 Å². The summed E-state index contributed by atoms with van der Waals surface area (Å²) in [6.45, 7) is 2.13. The molecule has 32 heavy (non-hydrogen) atoms. The van der Waals surface area contributed by atoms with Gasteiger partial charge in [0.1, 0.15) is 17.9 Å². The summed E-state index contributed by atoms with van der Waals surface area (Å²) in [5, 5.41) is 16.7. The molecule has 3 aromatic rings. The number of carbonyl (C=O) groups is 3. The van der Waals surface area contributed by atoms with Crippen LogP contribution in [-0.2, 0) is 16.0 Å². The molecule has 2 N–H and O–H groups in total. The topological polar surface area (TPSA) is 124 Å². The number of carbonyl (C=O) groups excluding carboxylic acids is 2. The second-order valence-corrected chi connectivity index (χ2v) is 7.97. The highest BCUT2D eigenvalue weighted by atomic mass is 19.1. The number of fused-ring (bicyclic) bond motifs is 1. The van der Waals surface area contributed by atoms with Gasteiger partial charge in [-0.05, 0) is 37.6 Å². The van der Waals surface area contributed by atoms with Gasteiger partial charge < -0.3 is 5.11 Å². The molecule has 0 spiro atoms. The third-order valence-corrected chi connectivity index (χ3v) is 5.51. The molecule has 10 heteroatoms. The number of aromatic amines is 1. The zero-order valence-corrected chi connectivity index (χ0v) is 17.3. The molecule has 1 aromatic heterocycles. The zero-order chi connectivity index (χ0) is 23.2. The van der Waals surface area contributed by atoms with Crippen LogP contribution in [0.3, 0.4) is 0 Å². The van der Waals surface area contributed by atoms with Crippen molar-refractivity contribution in [2.75, 3.05) is 11.4 Å². The van der Waals surface area contributed by atoms with Crippen molar-refractivity contribution in [1.29, 1.82) is 0 Å². The number of hydrogen-bond acceptors (Lipinski definition) is 5. The first-order valence-electron chi connectivity index (χ1n) is 9.74. The number of carboxylic acids is 1. The van der Waals surface area contributed by atoms with Crippen LogP contribution in [0.15, 0.2) is 47.3 Å². The number of nitrogens with one attached hydrogen (secondary N) is 1. The lowest BCUT2D eigenvalue weighted by Gasteiger charge is -2.25. The zero-order valence-electron chi connectivity index (χ0n) is 17.3. The Hall–Kier alpha value is -4.08. The molecule has 9 nitrogen and oxygen atoms in total. The number of halogens is 1. The van der Waals surface area contributed by atoms with Gasteiger partial charge in [-0.15, -0.1) is 0 Å². The van der Waals surface area contributed by atoms with E-state index in [0.717, 1.165) is 11.0 Å². The van der Waals surface area contributed by atoms with Gasteiger partial charge in [-0.3, -0.25) is 19.3 Å². The van der Waals surface area contributed by atoms with E-state index in [2.05, 4.69) is 10.2 Å². The molecule has 0 radical (unpaired) electrons. The Labute approximate surface area is 181 Å². The summed E-state index contributed by atoms with van der Waals surface area (Å²) < 4.78 is 14.7. The standard InChI is InChI=1S/C22H19FN4O5/c1-22(2)20(31)27(21(32)26(22)11-18(28)29)17-10-12(7-8-15(17)23)9-16-13-5-3-4-6-14(13)19(30)25-24-16/h3-8,10H,9,11H2,1-2H3,(H,25,30)(H,28,29). The highest BCUT2D eigenvalue weighted by Crippen LogP contribution is 2.34. The maximum Gasteiger partial charge on any atom is 0.332 e. The number of imide groups is 1.